The fourth-order valence-electron chi connectivity index (χ4n) is 4.33. The standard InChI is InChI=1S/C29H70N10/c1-24(30)10-18-34-14-5-8-28(38-20-12-26(3)32)22-36-16-7-17-37-23-29(39-21-13-27(4)33)9-6-15-35-19-11-25(2)31/h24-29,34-39H,5-23,30-33H2,1-4H3. The van der Waals surface area contributed by atoms with Gasteiger partial charge in [-0.1, -0.05) is 0 Å². The van der Waals surface area contributed by atoms with Crippen molar-refractivity contribution in [3.63, 3.8) is 0 Å². The van der Waals surface area contributed by atoms with Crippen LogP contribution in [-0.2, 0) is 0 Å². The average Bonchev–Trinajstić information content (AvgIpc) is 2.85. The molecule has 0 amide bonds. The summed E-state index contributed by atoms with van der Waals surface area (Å²) in [7, 11) is 0. The minimum absolute atomic E-state index is 0.241. The van der Waals surface area contributed by atoms with Crippen molar-refractivity contribution in [2.75, 3.05) is 65.4 Å². The Hall–Kier alpha value is -0.400. The van der Waals surface area contributed by atoms with Gasteiger partial charge in [-0.25, -0.2) is 0 Å². The number of hydrogen-bond donors (Lipinski definition) is 10. The lowest BCUT2D eigenvalue weighted by molar-refractivity contribution is 0.410. The maximum atomic E-state index is 5.94. The van der Waals surface area contributed by atoms with E-state index in [9.17, 15) is 0 Å². The van der Waals surface area contributed by atoms with E-state index in [1.807, 2.05) is 0 Å². The van der Waals surface area contributed by atoms with Crippen molar-refractivity contribution in [1.82, 2.24) is 31.9 Å². The van der Waals surface area contributed by atoms with Crippen LogP contribution in [0.15, 0.2) is 0 Å². The Kier molecular flexibility index (Phi) is 27.5. The summed E-state index contributed by atoms with van der Waals surface area (Å²) in [6.07, 6.45) is 9.84. The molecule has 10 heteroatoms. The molecule has 0 aliphatic carbocycles. The second-order valence-electron chi connectivity index (χ2n) is 11.9. The van der Waals surface area contributed by atoms with Crippen LogP contribution in [0.3, 0.4) is 0 Å². The van der Waals surface area contributed by atoms with Gasteiger partial charge in [0.1, 0.15) is 0 Å². The number of hydrogen-bond acceptors (Lipinski definition) is 10. The molecule has 14 N–H and O–H groups in total. The molecule has 0 aromatic carbocycles. The molecular formula is C29H70N10. The Morgan fingerprint density at radius 3 is 1.08 bits per heavy atom. The zero-order chi connectivity index (χ0) is 29.1. The van der Waals surface area contributed by atoms with Crippen molar-refractivity contribution < 1.29 is 0 Å². The second kappa shape index (κ2) is 27.8. The van der Waals surface area contributed by atoms with E-state index < -0.39 is 0 Å². The normalized spacial score (nSPS) is 16.6. The fourth-order valence-corrected chi connectivity index (χ4v) is 4.33. The lowest BCUT2D eigenvalue weighted by atomic mass is 10.1. The van der Waals surface area contributed by atoms with Gasteiger partial charge in [-0.05, 0) is 138 Å². The molecule has 0 bridgehead atoms. The molecule has 0 saturated carbocycles. The molecule has 0 rings (SSSR count). The van der Waals surface area contributed by atoms with Gasteiger partial charge in [-0.2, -0.15) is 0 Å². The summed E-state index contributed by atoms with van der Waals surface area (Å²) in [6.45, 7) is 18.4. The van der Waals surface area contributed by atoms with Crippen molar-refractivity contribution in [2.45, 2.75) is 122 Å². The fraction of sp³-hybridized carbons (Fsp3) is 1.00. The van der Waals surface area contributed by atoms with Crippen LogP contribution in [0.1, 0.15) is 85.5 Å². The molecule has 0 saturated heterocycles. The van der Waals surface area contributed by atoms with Crippen LogP contribution in [0.2, 0.25) is 0 Å². The highest BCUT2D eigenvalue weighted by atomic mass is 15.0. The smallest absolute Gasteiger partial charge is 0.0192 e. The molecule has 0 radical (unpaired) electrons. The van der Waals surface area contributed by atoms with Crippen molar-refractivity contribution >= 4 is 0 Å². The van der Waals surface area contributed by atoms with Crippen LogP contribution in [0.4, 0.5) is 0 Å². The third-order valence-electron chi connectivity index (χ3n) is 6.92. The molecule has 39 heavy (non-hydrogen) atoms. The van der Waals surface area contributed by atoms with Gasteiger partial charge in [0.25, 0.3) is 0 Å². The van der Waals surface area contributed by atoms with Gasteiger partial charge in [0.05, 0.1) is 0 Å². The topological polar surface area (TPSA) is 176 Å². The van der Waals surface area contributed by atoms with Crippen LogP contribution in [0.5, 0.6) is 0 Å². The molecule has 236 valence electrons. The summed E-state index contributed by atoms with van der Waals surface area (Å²) in [4.78, 5) is 0. The van der Waals surface area contributed by atoms with Crippen molar-refractivity contribution in [3.05, 3.63) is 0 Å². The van der Waals surface area contributed by atoms with E-state index in [0.29, 0.717) is 12.1 Å². The summed E-state index contributed by atoms with van der Waals surface area (Å²) in [5, 5.41) is 21.8. The Balaban J connectivity index is 4.15. The zero-order valence-electron chi connectivity index (χ0n) is 26.2. The first-order valence-corrected chi connectivity index (χ1v) is 16.0. The van der Waals surface area contributed by atoms with Crippen LogP contribution in [-0.4, -0.2) is 102 Å². The van der Waals surface area contributed by atoms with Crippen molar-refractivity contribution in [2.24, 2.45) is 22.9 Å². The lowest BCUT2D eigenvalue weighted by Crippen LogP contribution is -2.42. The van der Waals surface area contributed by atoms with E-state index in [1.165, 1.54) is 0 Å². The Morgan fingerprint density at radius 2 is 0.718 bits per heavy atom. The molecule has 6 atom stereocenters. The SMILES string of the molecule is CC(N)CCNCCCC(CNCCCNCC(CCCNCCC(C)N)NCCC(C)N)NCCC(C)N. The number of nitrogens with two attached hydrogens (primary N) is 4. The predicted octanol–water partition coefficient (Wildman–Crippen LogP) is 0.161. The van der Waals surface area contributed by atoms with E-state index in [0.717, 1.165) is 123 Å². The van der Waals surface area contributed by atoms with Crippen molar-refractivity contribution in [3.8, 4) is 0 Å². The average molecular weight is 559 g/mol. The maximum absolute atomic E-state index is 5.94. The van der Waals surface area contributed by atoms with E-state index in [-0.39, 0.29) is 24.2 Å². The quantitative estimate of drug-likeness (QED) is 0.0547. The third-order valence-corrected chi connectivity index (χ3v) is 6.92. The van der Waals surface area contributed by atoms with Gasteiger partial charge in [0.15, 0.2) is 0 Å². The van der Waals surface area contributed by atoms with Gasteiger partial charge in [0, 0.05) is 49.3 Å². The molecule has 0 heterocycles. The Morgan fingerprint density at radius 1 is 0.385 bits per heavy atom. The first-order chi connectivity index (χ1) is 18.7. The number of nitrogens with one attached hydrogen (secondary N) is 6. The van der Waals surface area contributed by atoms with Gasteiger partial charge in [-0.3, -0.25) is 0 Å². The van der Waals surface area contributed by atoms with Crippen LogP contribution in [0.25, 0.3) is 0 Å². The van der Waals surface area contributed by atoms with E-state index in [4.69, 9.17) is 22.9 Å². The van der Waals surface area contributed by atoms with Gasteiger partial charge >= 0.3 is 0 Å². The predicted molar refractivity (Wildman–Crippen MR) is 171 cm³/mol. The van der Waals surface area contributed by atoms with Gasteiger partial charge < -0.3 is 54.8 Å². The van der Waals surface area contributed by atoms with Crippen molar-refractivity contribution in [1.29, 1.82) is 0 Å². The first kappa shape index (κ1) is 38.6. The summed E-state index contributed by atoms with van der Waals surface area (Å²) in [5.41, 5.74) is 23.6. The van der Waals surface area contributed by atoms with E-state index in [1.54, 1.807) is 0 Å². The second-order valence-corrected chi connectivity index (χ2v) is 11.9. The zero-order valence-corrected chi connectivity index (χ0v) is 26.2. The molecule has 0 aromatic rings. The number of rotatable bonds is 30. The van der Waals surface area contributed by atoms with Gasteiger partial charge in [-0.15, -0.1) is 0 Å². The summed E-state index contributed by atoms with van der Waals surface area (Å²) in [5.74, 6) is 0. The molecular weight excluding hydrogens is 488 g/mol. The lowest BCUT2D eigenvalue weighted by Gasteiger charge is -2.21. The van der Waals surface area contributed by atoms with E-state index >= 15 is 0 Å². The third kappa shape index (κ3) is 30.4. The van der Waals surface area contributed by atoms with Crippen LogP contribution >= 0.6 is 0 Å². The largest absolute Gasteiger partial charge is 0.328 e. The molecule has 10 nitrogen and oxygen atoms in total. The minimum Gasteiger partial charge on any atom is -0.328 e. The molecule has 0 aromatic heterocycles. The molecule has 0 aliphatic rings. The monoisotopic (exact) mass is 559 g/mol. The summed E-state index contributed by atoms with van der Waals surface area (Å²) in [6, 6.07) is 1.97. The summed E-state index contributed by atoms with van der Waals surface area (Å²) >= 11 is 0. The minimum atomic E-state index is 0.241. The highest BCUT2D eigenvalue weighted by molar-refractivity contribution is 4.74. The van der Waals surface area contributed by atoms with Gasteiger partial charge in [0.2, 0.25) is 0 Å². The Labute approximate surface area is 242 Å². The highest BCUT2D eigenvalue weighted by Crippen LogP contribution is 1.99. The Bertz CT molecular complexity index is 449. The molecule has 0 fully saturated rings. The molecule has 0 aliphatic heterocycles. The maximum Gasteiger partial charge on any atom is 0.0192 e. The molecule has 0 spiro atoms. The highest BCUT2D eigenvalue weighted by Gasteiger charge is 2.10. The summed E-state index contributed by atoms with van der Waals surface area (Å²) < 4.78 is 0. The first-order valence-electron chi connectivity index (χ1n) is 16.0. The van der Waals surface area contributed by atoms with E-state index in [2.05, 4.69) is 59.6 Å². The molecule has 6 unspecified atom stereocenters. The van der Waals surface area contributed by atoms with Crippen LogP contribution in [0, 0.1) is 0 Å². The van der Waals surface area contributed by atoms with Crippen LogP contribution < -0.4 is 54.8 Å².